The van der Waals surface area contributed by atoms with Crippen molar-refractivity contribution in [3.63, 3.8) is 0 Å². The van der Waals surface area contributed by atoms with Crippen molar-refractivity contribution in [3.8, 4) is 0 Å². The summed E-state index contributed by atoms with van der Waals surface area (Å²) in [7, 11) is 1.57. The summed E-state index contributed by atoms with van der Waals surface area (Å²) in [5.74, 6) is -0.183. The summed E-state index contributed by atoms with van der Waals surface area (Å²) in [5.41, 5.74) is 8.24. The van der Waals surface area contributed by atoms with Gasteiger partial charge in [-0.2, -0.15) is 0 Å². The van der Waals surface area contributed by atoms with E-state index in [0.29, 0.717) is 32.7 Å². The zero-order chi connectivity index (χ0) is 14.7. The smallest absolute Gasteiger partial charge is 0.251 e. The molecule has 6 heteroatoms. The quantitative estimate of drug-likeness (QED) is 0.758. The van der Waals surface area contributed by atoms with Gasteiger partial charge in [0.1, 0.15) is 0 Å². The molecule has 20 heavy (non-hydrogen) atoms. The maximum atomic E-state index is 11.6. The first-order valence-electron chi connectivity index (χ1n) is 5.84. The summed E-state index contributed by atoms with van der Waals surface area (Å²) in [4.78, 5) is 11.6. The van der Waals surface area contributed by atoms with Crippen LogP contribution in [0.2, 0.25) is 10.0 Å². The Balaban J connectivity index is 2.34. The van der Waals surface area contributed by atoms with Crippen LogP contribution >= 0.6 is 23.2 Å². The number of carbonyl (C=O) groups is 1. The molecule has 0 aliphatic rings. The zero-order valence-corrected chi connectivity index (χ0v) is 12.2. The highest BCUT2D eigenvalue weighted by Crippen LogP contribution is 2.28. The topological polar surface area (TPSA) is 67.2 Å². The van der Waals surface area contributed by atoms with Gasteiger partial charge in [-0.1, -0.05) is 23.2 Å². The predicted molar refractivity (Wildman–Crippen MR) is 84.0 cm³/mol. The Hall–Kier alpha value is -1.91. The lowest BCUT2D eigenvalue weighted by Gasteiger charge is -2.11. The normalized spacial score (nSPS) is 10.2. The fraction of sp³-hybridized carbons (Fsp3) is 0.0714. The van der Waals surface area contributed by atoms with E-state index in [1.165, 1.54) is 0 Å². The van der Waals surface area contributed by atoms with Crippen molar-refractivity contribution in [3.05, 3.63) is 52.0 Å². The molecule has 104 valence electrons. The molecular formula is C14H13Cl2N3O. The molecule has 4 nitrogen and oxygen atoms in total. The van der Waals surface area contributed by atoms with Gasteiger partial charge >= 0.3 is 0 Å². The largest absolute Gasteiger partial charge is 0.397 e. The predicted octanol–water partition coefficient (Wildman–Crippen LogP) is 3.68. The molecule has 2 aromatic carbocycles. The van der Waals surface area contributed by atoms with Crippen LogP contribution in [0.4, 0.5) is 17.1 Å². The van der Waals surface area contributed by atoms with E-state index in [4.69, 9.17) is 28.9 Å². The summed E-state index contributed by atoms with van der Waals surface area (Å²) in [5, 5.41) is 6.69. The first-order valence-corrected chi connectivity index (χ1v) is 6.60. The number of amides is 1. The number of rotatable bonds is 3. The highest BCUT2D eigenvalue weighted by molar-refractivity contribution is 6.35. The molecule has 0 radical (unpaired) electrons. The van der Waals surface area contributed by atoms with E-state index in [1.54, 1.807) is 43.4 Å². The molecule has 0 saturated carbocycles. The van der Waals surface area contributed by atoms with Crippen LogP contribution in [0.25, 0.3) is 0 Å². The van der Waals surface area contributed by atoms with Crippen LogP contribution in [0, 0.1) is 0 Å². The van der Waals surface area contributed by atoms with E-state index in [2.05, 4.69) is 10.6 Å². The summed E-state index contributed by atoms with van der Waals surface area (Å²) in [6, 6.07) is 10.1. The highest BCUT2D eigenvalue weighted by Gasteiger charge is 2.08. The molecule has 1 amide bonds. The molecule has 0 aromatic heterocycles. The summed E-state index contributed by atoms with van der Waals surface area (Å²) in [6.45, 7) is 0. The molecule has 0 fully saturated rings. The molecule has 0 aliphatic heterocycles. The lowest BCUT2D eigenvalue weighted by Crippen LogP contribution is -2.17. The SMILES string of the molecule is CNC(=O)c1ccc(N)c(Nc2cc(Cl)cc(Cl)c2)c1. The first-order chi connectivity index (χ1) is 9.49. The molecule has 0 unspecified atom stereocenters. The van der Waals surface area contributed by atoms with Gasteiger partial charge in [-0.3, -0.25) is 4.79 Å². The maximum Gasteiger partial charge on any atom is 0.251 e. The van der Waals surface area contributed by atoms with E-state index in [-0.39, 0.29) is 5.91 Å². The van der Waals surface area contributed by atoms with E-state index < -0.39 is 0 Å². The third kappa shape index (κ3) is 3.35. The fourth-order valence-electron chi connectivity index (χ4n) is 1.73. The van der Waals surface area contributed by atoms with Crippen molar-refractivity contribution in [2.24, 2.45) is 0 Å². The lowest BCUT2D eigenvalue weighted by molar-refractivity contribution is 0.0963. The summed E-state index contributed by atoms with van der Waals surface area (Å²) in [6.07, 6.45) is 0. The maximum absolute atomic E-state index is 11.6. The first kappa shape index (κ1) is 14.5. The van der Waals surface area contributed by atoms with Crippen LogP contribution in [0.1, 0.15) is 10.4 Å². The van der Waals surface area contributed by atoms with E-state index >= 15 is 0 Å². The van der Waals surface area contributed by atoms with Gasteiger partial charge in [0, 0.05) is 28.3 Å². The fourth-order valence-corrected chi connectivity index (χ4v) is 2.26. The summed E-state index contributed by atoms with van der Waals surface area (Å²) < 4.78 is 0. The van der Waals surface area contributed by atoms with Gasteiger partial charge in [0.2, 0.25) is 0 Å². The number of nitrogens with two attached hydrogens (primary N) is 1. The Labute approximate surface area is 126 Å². The van der Waals surface area contributed by atoms with Gasteiger partial charge in [0.05, 0.1) is 11.4 Å². The molecule has 0 bridgehead atoms. The van der Waals surface area contributed by atoms with E-state index in [1.807, 2.05) is 0 Å². The molecule has 2 rings (SSSR count). The Kier molecular flexibility index (Phi) is 4.37. The van der Waals surface area contributed by atoms with Gasteiger partial charge in [-0.15, -0.1) is 0 Å². The minimum absolute atomic E-state index is 0.183. The van der Waals surface area contributed by atoms with Crippen LogP contribution in [0.5, 0.6) is 0 Å². The molecule has 4 N–H and O–H groups in total. The number of hydrogen-bond donors (Lipinski definition) is 3. The second-order valence-corrected chi connectivity index (χ2v) is 5.04. The van der Waals surface area contributed by atoms with Crippen molar-refractivity contribution < 1.29 is 4.79 Å². The Morgan fingerprint density at radius 2 is 1.75 bits per heavy atom. The van der Waals surface area contributed by atoms with Gasteiger partial charge in [0.15, 0.2) is 0 Å². The van der Waals surface area contributed by atoms with Crippen molar-refractivity contribution in [1.82, 2.24) is 5.32 Å². The highest BCUT2D eigenvalue weighted by atomic mass is 35.5. The van der Waals surface area contributed by atoms with Crippen molar-refractivity contribution >= 4 is 46.2 Å². The number of nitrogens with one attached hydrogen (secondary N) is 2. The Morgan fingerprint density at radius 3 is 2.35 bits per heavy atom. The van der Waals surface area contributed by atoms with Gasteiger partial charge in [-0.05, 0) is 36.4 Å². The van der Waals surface area contributed by atoms with Crippen LogP contribution < -0.4 is 16.4 Å². The van der Waals surface area contributed by atoms with Crippen LogP contribution in [0.15, 0.2) is 36.4 Å². The third-order valence-corrected chi connectivity index (χ3v) is 3.12. The molecule has 0 spiro atoms. The van der Waals surface area contributed by atoms with Crippen LogP contribution in [0.3, 0.4) is 0 Å². The minimum Gasteiger partial charge on any atom is -0.397 e. The zero-order valence-electron chi connectivity index (χ0n) is 10.7. The van der Waals surface area contributed by atoms with Crippen molar-refractivity contribution in [2.75, 3.05) is 18.1 Å². The number of nitrogen functional groups attached to an aromatic ring is 1. The number of hydrogen-bond acceptors (Lipinski definition) is 3. The summed E-state index contributed by atoms with van der Waals surface area (Å²) >= 11 is 11.9. The van der Waals surface area contributed by atoms with E-state index in [9.17, 15) is 4.79 Å². The third-order valence-electron chi connectivity index (χ3n) is 2.68. The monoisotopic (exact) mass is 309 g/mol. The molecule has 0 atom stereocenters. The van der Waals surface area contributed by atoms with Gasteiger partial charge < -0.3 is 16.4 Å². The molecule has 0 heterocycles. The average Bonchev–Trinajstić information content (AvgIpc) is 2.39. The molecule has 0 saturated heterocycles. The van der Waals surface area contributed by atoms with E-state index in [0.717, 1.165) is 0 Å². The average molecular weight is 310 g/mol. The van der Waals surface area contributed by atoms with Crippen LogP contribution in [-0.4, -0.2) is 13.0 Å². The second kappa shape index (κ2) is 6.03. The molecule has 0 aliphatic carbocycles. The van der Waals surface area contributed by atoms with Crippen LogP contribution in [-0.2, 0) is 0 Å². The number of carbonyl (C=O) groups excluding carboxylic acids is 1. The van der Waals surface area contributed by atoms with Crippen molar-refractivity contribution in [2.45, 2.75) is 0 Å². The number of benzene rings is 2. The number of anilines is 3. The minimum atomic E-state index is -0.183. The van der Waals surface area contributed by atoms with Gasteiger partial charge in [-0.25, -0.2) is 0 Å². The number of halogens is 2. The Bertz CT molecular complexity index is 639. The second-order valence-electron chi connectivity index (χ2n) is 4.16. The Morgan fingerprint density at radius 1 is 1.10 bits per heavy atom. The van der Waals surface area contributed by atoms with Gasteiger partial charge in [0.25, 0.3) is 5.91 Å². The standard InChI is InChI=1S/C14H13Cl2N3O/c1-18-14(20)8-2-3-12(17)13(4-8)19-11-6-9(15)5-10(16)7-11/h2-7,19H,17H2,1H3,(H,18,20). The molecule has 2 aromatic rings. The lowest BCUT2D eigenvalue weighted by atomic mass is 10.1. The van der Waals surface area contributed by atoms with Crippen molar-refractivity contribution in [1.29, 1.82) is 0 Å². The molecular weight excluding hydrogens is 297 g/mol.